The highest BCUT2D eigenvalue weighted by Crippen LogP contribution is 2.20. The van der Waals surface area contributed by atoms with E-state index in [0.717, 1.165) is 29.6 Å². The molecule has 3 nitrogen and oxygen atoms in total. The maximum atomic E-state index is 10.9. The largest absolute Gasteiger partial charge is 0.768 e. The van der Waals surface area contributed by atoms with Crippen LogP contribution in [0.25, 0.3) is 10.9 Å². The molecule has 1 heterocycles. The molecule has 112 valence electrons. The predicted molar refractivity (Wildman–Crippen MR) is 87.5 cm³/mol. The molecule has 22 heavy (non-hydrogen) atoms. The van der Waals surface area contributed by atoms with Crippen molar-refractivity contribution in [1.82, 2.24) is 4.98 Å². The summed E-state index contributed by atoms with van der Waals surface area (Å²) in [5, 5.41) is 1.19. The van der Waals surface area contributed by atoms with Crippen LogP contribution in [-0.4, -0.2) is 13.7 Å². The van der Waals surface area contributed by atoms with Crippen molar-refractivity contribution in [2.45, 2.75) is 24.7 Å². The maximum absolute atomic E-state index is 10.9. The number of hydrogen-bond donors (Lipinski definition) is 0. The van der Waals surface area contributed by atoms with Crippen molar-refractivity contribution in [3.63, 3.8) is 0 Å². The minimum absolute atomic E-state index is 0.328. The zero-order valence-electron chi connectivity index (χ0n) is 12.3. The smallest absolute Gasteiger partial charge is 0.0707 e. The van der Waals surface area contributed by atoms with Gasteiger partial charge in [0.1, 0.15) is 0 Å². The summed E-state index contributed by atoms with van der Waals surface area (Å²) in [5.41, 5.74) is 4.45. The van der Waals surface area contributed by atoms with Crippen LogP contribution in [0.15, 0.2) is 59.5 Å². The molecule has 3 rings (SSSR count). The van der Waals surface area contributed by atoms with Gasteiger partial charge in [-0.3, -0.25) is 9.19 Å². The Kier molecular flexibility index (Phi) is 4.32. The number of para-hydroxylation sites is 1. The molecule has 3 aromatic rings. The summed E-state index contributed by atoms with van der Waals surface area (Å²) in [7, 11) is 0. The fraction of sp³-hybridized carbons (Fsp3) is 0.167. The minimum Gasteiger partial charge on any atom is -0.768 e. The average molecular weight is 310 g/mol. The van der Waals surface area contributed by atoms with Gasteiger partial charge in [-0.15, -0.1) is 0 Å². The molecule has 0 fully saturated rings. The number of fused-ring (bicyclic) bond motifs is 1. The van der Waals surface area contributed by atoms with Gasteiger partial charge in [0.2, 0.25) is 0 Å². The molecule has 0 saturated carbocycles. The molecular weight excluding hydrogens is 294 g/mol. The van der Waals surface area contributed by atoms with Crippen LogP contribution < -0.4 is 0 Å². The fourth-order valence-electron chi connectivity index (χ4n) is 2.65. The van der Waals surface area contributed by atoms with E-state index in [1.807, 2.05) is 37.3 Å². The second-order valence-electron chi connectivity index (χ2n) is 5.32. The molecule has 1 atom stereocenters. The third kappa shape index (κ3) is 3.24. The highest BCUT2D eigenvalue weighted by atomic mass is 32.2. The van der Waals surface area contributed by atoms with Gasteiger partial charge < -0.3 is 4.55 Å². The van der Waals surface area contributed by atoms with Gasteiger partial charge in [0.25, 0.3) is 0 Å². The highest BCUT2D eigenvalue weighted by Gasteiger charge is 2.04. The second-order valence-corrected chi connectivity index (χ2v) is 6.26. The van der Waals surface area contributed by atoms with Crippen molar-refractivity contribution in [2.24, 2.45) is 0 Å². The maximum Gasteiger partial charge on any atom is 0.0707 e. The van der Waals surface area contributed by atoms with Crippen LogP contribution in [0.4, 0.5) is 0 Å². The predicted octanol–water partition coefficient (Wildman–Crippen LogP) is 3.57. The molecule has 0 spiro atoms. The van der Waals surface area contributed by atoms with Crippen molar-refractivity contribution in [3.05, 3.63) is 71.4 Å². The molecular formula is C18H16NO2S-. The SMILES string of the molecule is Cc1cc(CCc2ccc(S(=O)[O-])cc2)c2ccccc2n1. The van der Waals surface area contributed by atoms with Crippen LogP contribution in [0, 0.1) is 6.92 Å². The number of aryl methyl sites for hydroxylation is 3. The van der Waals surface area contributed by atoms with E-state index in [2.05, 4.69) is 17.1 Å². The number of rotatable bonds is 4. The molecule has 0 amide bonds. The van der Waals surface area contributed by atoms with Crippen LogP contribution in [-0.2, 0) is 23.9 Å². The fourth-order valence-corrected chi connectivity index (χ4v) is 3.01. The van der Waals surface area contributed by atoms with Gasteiger partial charge in [0.05, 0.1) is 5.52 Å². The van der Waals surface area contributed by atoms with Crippen LogP contribution in [0.3, 0.4) is 0 Å². The van der Waals surface area contributed by atoms with E-state index in [1.54, 1.807) is 12.1 Å². The third-order valence-corrected chi connectivity index (χ3v) is 4.39. The van der Waals surface area contributed by atoms with Gasteiger partial charge in [0, 0.05) is 16.0 Å². The van der Waals surface area contributed by atoms with E-state index in [0.29, 0.717) is 4.90 Å². The van der Waals surface area contributed by atoms with Gasteiger partial charge in [-0.25, -0.2) is 0 Å². The van der Waals surface area contributed by atoms with Crippen LogP contribution in [0.5, 0.6) is 0 Å². The Hall–Kier alpha value is -2.04. The minimum atomic E-state index is -2.16. The van der Waals surface area contributed by atoms with E-state index < -0.39 is 11.1 Å². The number of pyridine rings is 1. The van der Waals surface area contributed by atoms with Gasteiger partial charge in [0.15, 0.2) is 0 Å². The Morgan fingerprint density at radius 3 is 2.50 bits per heavy atom. The Labute approximate surface area is 132 Å². The molecule has 0 aliphatic heterocycles. The molecule has 4 heteroatoms. The number of aromatic nitrogens is 1. The van der Waals surface area contributed by atoms with Gasteiger partial charge >= 0.3 is 0 Å². The van der Waals surface area contributed by atoms with Crippen molar-refractivity contribution >= 4 is 22.0 Å². The molecule has 0 N–H and O–H groups in total. The standard InChI is InChI=1S/C18H17NO2S/c1-13-12-15(17-4-2-3-5-18(17)19-13)9-6-14-7-10-16(11-8-14)22(20)21/h2-5,7-8,10-12H,6,9H2,1H3,(H,20,21)/p-1. The Morgan fingerprint density at radius 1 is 1.05 bits per heavy atom. The van der Waals surface area contributed by atoms with E-state index in [-0.39, 0.29) is 0 Å². The van der Waals surface area contributed by atoms with Crippen molar-refractivity contribution in [3.8, 4) is 0 Å². The van der Waals surface area contributed by atoms with Crippen molar-refractivity contribution in [2.75, 3.05) is 0 Å². The summed E-state index contributed by atoms with van der Waals surface area (Å²) in [6, 6.07) is 17.3. The zero-order chi connectivity index (χ0) is 15.5. The first-order valence-corrected chi connectivity index (χ1v) is 8.24. The lowest BCUT2D eigenvalue weighted by Crippen LogP contribution is -1.96. The lowest BCUT2D eigenvalue weighted by molar-refractivity contribution is 0.537. The van der Waals surface area contributed by atoms with Crippen LogP contribution in [0.1, 0.15) is 16.8 Å². The lowest BCUT2D eigenvalue weighted by atomic mass is 10.0. The normalized spacial score (nSPS) is 12.5. The highest BCUT2D eigenvalue weighted by molar-refractivity contribution is 7.79. The first-order valence-electron chi connectivity index (χ1n) is 7.17. The topological polar surface area (TPSA) is 53.0 Å². The Balaban J connectivity index is 1.83. The van der Waals surface area contributed by atoms with Crippen LogP contribution in [0.2, 0.25) is 0 Å². The molecule has 1 unspecified atom stereocenters. The molecule has 0 aliphatic carbocycles. The Bertz CT molecular complexity index is 828. The average Bonchev–Trinajstić information content (AvgIpc) is 2.52. The molecule has 0 bridgehead atoms. The molecule has 0 aliphatic rings. The molecule has 0 radical (unpaired) electrons. The van der Waals surface area contributed by atoms with Gasteiger partial charge in [-0.1, -0.05) is 30.3 Å². The third-order valence-electron chi connectivity index (χ3n) is 3.73. The summed E-state index contributed by atoms with van der Waals surface area (Å²) in [5.74, 6) is 0. The van der Waals surface area contributed by atoms with Crippen LogP contribution >= 0.6 is 0 Å². The first-order chi connectivity index (χ1) is 10.6. The zero-order valence-corrected chi connectivity index (χ0v) is 13.1. The van der Waals surface area contributed by atoms with Crippen molar-refractivity contribution in [1.29, 1.82) is 0 Å². The summed E-state index contributed by atoms with van der Waals surface area (Å²) in [6.07, 6.45) is 1.78. The monoisotopic (exact) mass is 310 g/mol. The lowest BCUT2D eigenvalue weighted by Gasteiger charge is -2.09. The van der Waals surface area contributed by atoms with E-state index in [9.17, 15) is 8.76 Å². The summed E-state index contributed by atoms with van der Waals surface area (Å²) >= 11 is -2.16. The van der Waals surface area contributed by atoms with Gasteiger partial charge in [-0.05, 0) is 66.2 Å². The molecule has 0 saturated heterocycles. The van der Waals surface area contributed by atoms with E-state index in [4.69, 9.17) is 0 Å². The molecule has 2 aromatic carbocycles. The summed E-state index contributed by atoms with van der Waals surface area (Å²) in [4.78, 5) is 4.88. The van der Waals surface area contributed by atoms with E-state index in [1.165, 1.54) is 10.9 Å². The quantitative estimate of drug-likeness (QED) is 0.692. The number of nitrogens with zero attached hydrogens (tertiary/aromatic N) is 1. The van der Waals surface area contributed by atoms with Gasteiger partial charge in [-0.2, -0.15) is 0 Å². The number of hydrogen-bond acceptors (Lipinski definition) is 3. The number of benzene rings is 2. The van der Waals surface area contributed by atoms with Crippen molar-refractivity contribution < 1.29 is 8.76 Å². The second kappa shape index (κ2) is 6.38. The summed E-state index contributed by atoms with van der Waals surface area (Å²) in [6.45, 7) is 2.01. The molecule has 1 aromatic heterocycles. The Morgan fingerprint density at radius 2 is 1.77 bits per heavy atom. The first kappa shape index (κ1) is 14.9. The van der Waals surface area contributed by atoms with E-state index >= 15 is 0 Å². The summed E-state index contributed by atoms with van der Waals surface area (Å²) < 4.78 is 21.7.